The molecule has 1 aliphatic carbocycles. The molecule has 0 spiro atoms. The van der Waals surface area contributed by atoms with Crippen molar-refractivity contribution >= 4 is 39.6 Å². The predicted molar refractivity (Wildman–Crippen MR) is 109 cm³/mol. The Kier molecular flexibility index (Phi) is 4.33. The maximum atomic E-state index is 12.4. The molecule has 5 rings (SSSR count). The van der Waals surface area contributed by atoms with Gasteiger partial charge in [-0.15, -0.1) is 22.7 Å². The van der Waals surface area contributed by atoms with Gasteiger partial charge < -0.3 is 9.15 Å². The van der Waals surface area contributed by atoms with Crippen LogP contribution in [0.5, 0.6) is 0 Å². The Labute approximate surface area is 168 Å². The third-order valence-corrected chi connectivity index (χ3v) is 6.73. The lowest BCUT2D eigenvalue weighted by atomic mass is 10.0. The van der Waals surface area contributed by atoms with Crippen molar-refractivity contribution in [3.05, 3.63) is 73.9 Å². The molecule has 0 N–H and O–H groups in total. The fraction of sp³-hybridized carbons (Fsp3) is 0.190. The number of esters is 1. The van der Waals surface area contributed by atoms with E-state index >= 15 is 0 Å². The number of rotatable bonds is 4. The van der Waals surface area contributed by atoms with Gasteiger partial charge in [0.1, 0.15) is 17.2 Å². The topological polar surface area (TPSA) is 69.4 Å². The lowest BCUT2D eigenvalue weighted by Gasteiger charge is -2.08. The van der Waals surface area contributed by atoms with E-state index in [9.17, 15) is 9.59 Å². The van der Waals surface area contributed by atoms with Crippen molar-refractivity contribution in [3.63, 3.8) is 0 Å². The normalized spacial score (nSPS) is 13.0. The van der Waals surface area contributed by atoms with Gasteiger partial charge in [-0.05, 0) is 54.0 Å². The quantitative estimate of drug-likeness (QED) is 0.357. The van der Waals surface area contributed by atoms with Crippen molar-refractivity contribution < 1.29 is 13.9 Å². The Bertz CT molecular complexity index is 1240. The van der Waals surface area contributed by atoms with Gasteiger partial charge in [-0.1, -0.05) is 6.07 Å². The Hall–Kier alpha value is -2.77. The minimum atomic E-state index is -0.499. The zero-order chi connectivity index (χ0) is 19.1. The Balaban J connectivity index is 1.40. The Morgan fingerprint density at radius 1 is 1.18 bits per heavy atom. The fourth-order valence-corrected chi connectivity index (χ4v) is 5.12. The highest BCUT2D eigenvalue weighted by Crippen LogP contribution is 2.30. The molecule has 0 saturated carbocycles. The van der Waals surface area contributed by atoms with Crippen molar-refractivity contribution in [2.24, 2.45) is 0 Å². The summed E-state index contributed by atoms with van der Waals surface area (Å²) in [5.41, 5.74) is 3.55. The first-order valence-electron chi connectivity index (χ1n) is 8.92. The van der Waals surface area contributed by atoms with Gasteiger partial charge in [0.2, 0.25) is 0 Å². The third-order valence-electron chi connectivity index (χ3n) is 4.85. The highest BCUT2D eigenvalue weighted by molar-refractivity contribution is 7.20. The number of thiophene rings is 1. The minimum Gasteiger partial charge on any atom is -0.456 e. The Morgan fingerprint density at radius 3 is 2.86 bits per heavy atom. The summed E-state index contributed by atoms with van der Waals surface area (Å²) in [4.78, 5) is 29.8. The molecule has 140 valence electrons. The molecule has 0 radical (unpaired) electrons. The van der Waals surface area contributed by atoms with Crippen LogP contribution in [0.15, 0.2) is 50.3 Å². The van der Waals surface area contributed by atoms with Gasteiger partial charge in [0.05, 0.1) is 4.88 Å². The highest BCUT2D eigenvalue weighted by atomic mass is 32.1. The number of carbonyl (C=O) groups excluding carboxylic acids is 1. The molecule has 0 saturated heterocycles. The summed E-state index contributed by atoms with van der Waals surface area (Å²) in [6.45, 7) is 0.00554. The number of hydrogen-bond donors (Lipinski definition) is 0. The van der Waals surface area contributed by atoms with Crippen LogP contribution in [-0.4, -0.2) is 11.0 Å². The first-order chi connectivity index (χ1) is 13.7. The number of ether oxygens (including phenoxy) is 1. The molecule has 0 aliphatic heterocycles. The van der Waals surface area contributed by atoms with E-state index in [1.807, 2.05) is 23.6 Å². The van der Waals surface area contributed by atoms with E-state index in [-0.39, 0.29) is 12.3 Å². The minimum absolute atomic E-state index is 0.00554. The second-order valence-corrected chi connectivity index (χ2v) is 8.46. The third kappa shape index (κ3) is 3.16. The van der Waals surface area contributed by atoms with Crippen molar-refractivity contribution in [2.75, 3.05) is 0 Å². The Morgan fingerprint density at radius 2 is 2.04 bits per heavy atom. The summed E-state index contributed by atoms with van der Waals surface area (Å²) in [6, 6.07) is 9.31. The van der Waals surface area contributed by atoms with Crippen LogP contribution in [0.1, 0.15) is 33.6 Å². The van der Waals surface area contributed by atoms with Crippen LogP contribution in [0.3, 0.4) is 0 Å². The van der Waals surface area contributed by atoms with E-state index in [1.165, 1.54) is 28.5 Å². The van der Waals surface area contributed by atoms with E-state index < -0.39 is 11.6 Å². The summed E-state index contributed by atoms with van der Waals surface area (Å²) < 4.78 is 10.8. The number of carbonyl (C=O) groups is 1. The van der Waals surface area contributed by atoms with Crippen LogP contribution in [0.4, 0.5) is 0 Å². The molecule has 0 fully saturated rings. The fourth-order valence-electron chi connectivity index (χ4n) is 3.51. The molecule has 0 atom stereocenters. The van der Waals surface area contributed by atoms with Crippen LogP contribution in [0.2, 0.25) is 0 Å². The molecule has 7 heteroatoms. The lowest BCUT2D eigenvalue weighted by Crippen LogP contribution is -2.08. The van der Waals surface area contributed by atoms with Crippen LogP contribution in [0, 0.1) is 0 Å². The van der Waals surface area contributed by atoms with Crippen LogP contribution in [-0.2, 0) is 24.2 Å². The lowest BCUT2D eigenvalue weighted by molar-refractivity contribution is 0.0468. The van der Waals surface area contributed by atoms with Gasteiger partial charge in [-0.2, -0.15) is 0 Å². The number of nitrogens with zero attached hydrogens (tertiary/aromatic N) is 1. The van der Waals surface area contributed by atoms with E-state index in [0.717, 1.165) is 34.5 Å². The molecule has 0 unspecified atom stereocenters. The smallest absolute Gasteiger partial charge is 0.358 e. The van der Waals surface area contributed by atoms with Gasteiger partial charge in [-0.25, -0.2) is 14.6 Å². The SMILES string of the molecule is O=C(OCc1cc(=O)oc2cc3c(cc12)CCC3)c1csc(-c2cccs2)n1. The molecule has 0 bridgehead atoms. The zero-order valence-corrected chi connectivity index (χ0v) is 16.4. The maximum Gasteiger partial charge on any atom is 0.358 e. The van der Waals surface area contributed by atoms with Crippen LogP contribution < -0.4 is 5.63 Å². The van der Waals surface area contributed by atoms with Gasteiger partial charge in [0.15, 0.2) is 5.69 Å². The van der Waals surface area contributed by atoms with Gasteiger partial charge >= 0.3 is 11.6 Å². The van der Waals surface area contributed by atoms with E-state index in [0.29, 0.717) is 11.1 Å². The number of fused-ring (bicyclic) bond motifs is 2. The van der Waals surface area contributed by atoms with Crippen LogP contribution in [0.25, 0.3) is 20.9 Å². The number of hydrogen-bond acceptors (Lipinski definition) is 7. The summed E-state index contributed by atoms with van der Waals surface area (Å²) >= 11 is 2.98. The second kappa shape index (κ2) is 7.00. The summed E-state index contributed by atoms with van der Waals surface area (Å²) in [7, 11) is 0. The molecule has 5 nitrogen and oxygen atoms in total. The number of thiazole rings is 1. The molecular weight excluding hydrogens is 394 g/mol. The van der Waals surface area contributed by atoms with Crippen molar-refractivity contribution in [3.8, 4) is 9.88 Å². The first-order valence-corrected chi connectivity index (χ1v) is 10.7. The summed E-state index contributed by atoms with van der Waals surface area (Å²) in [5, 5.41) is 5.29. The zero-order valence-electron chi connectivity index (χ0n) is 14.8. The largest absolute Gasteiger partial charge is 0.456 e. The molecule has 0 amide bonds. The average Bonchev–Trinajstić information content (AvgIpc) is 3.44. The monoisotopic (exact) mass is 409 g/mol. The molecule has 3 aromatic heterocycles. The molecule has 4 aromatic rings. The first kappa shape index (κ1) is 17.3. The van der Waals surface area contributed by atoms with Crippen molar-refractivity contribution in [1.82, 2.24) is 4.98 Å². The predicted octanol–water partition coefficient (Wildman–Crippen LogP) is 4.82. The number of aromatic nitrogens is 1. The standard InChI is InChI=1S/C21H15NO4S2/c23-19-9-14(15-7-12-3-1-4-13(12)8-17(15)26-19)10-25-21(24)16-11-28-20(22-16)18-5-2-6-27-18/h2,5-9,11H,1,3-4,10H2. The molecule has 1 aliphatic rings. The summed E-state index contributed by atoms with van der Waals surface area (Å²) in [6.07, 6.45) is 3.13. The van der Waals surface area contributed by atoms with Gasteiger partial charge in [0, 0.05) is 22.4 Å². The maximum absolute atomic E-state index is 12.4. The van der Waals surface area contributed by atoms with Gasteiger partial charge in [0.25, 0.3) is 0 Å². The van der Waals surface area contributed by atoms with E-state index in [4.69, 9.17) is 9.15 Å². The molecule has 1 aromatic carbocycles. The average molecular weight is 409 g/mol. The van der Waals surface area contributed by atoms with Crippen molar-refractivity contribution in [2.45, 2.75) is 25.9 Å². The molecule has 3 heterocycles. The molecule has 28 heavy (non-hydrogen) atoms. The van der Waals surface area contributed by atoms with Gasteiger partial charge in [-0.3, -0.25) is 0 Å². The van der Waals surface area contributed by atoms with Crippen molar-refractivity contribution in [1.29, 1.82) is 0 Å². The van der Waals surface area contributed by atoms with Crippen LogP contribution >= 0.6 is 22.7 Å². The van der Waals surface area contributed by atoms with E-state index in [1.54, 1.807) is 16.7 Å². The second-order valence-electron chi connectivity index (χ2n) is 6.65. The number of benzene rings is 1. The molecular formula is C21H15NO4S2. The van der Waals surface area contributed by atoms with E-state index in [2.05, 4.69) is 11.1 Å². The number of aryl methyl sites for hydroxylation is 2. The highest BCUT2D eigenvalue weighted by Gasteiger charge is 2.18. The summed E-state index contributed by atoms with van der Waals surface area (Å²) in [5.74, 6) is -0.499.